The lowest BCUT2D eigenvalue weighted by molar-refractivity contribution is 0.252. The second kappa shape index (κ2) is 3.81. The Morgan fingerprint density at radius 1 is 1.50 bits per heavy atom. The van der Waals surface area contributed by atoms with Crippen molar-refractivity contribution in [1.82, 2.24) is 0 Å². The number of rotatable bonds is 3. The molecule has 0 saturated heterocycles. The van der Waals surface area contributed by atoms with Gasteiger partial charge in [-0.3, -0.25) is 0 Å². The van der Waals surface area contributed by atoms with E-state index in [1.807, 2.05) is 0 Å². The molecule has 0 N–H and O–H groups in total. The summed E-state index contributed by atoms with van der Waals surface area (Å²) < 4.78 is 23.4. The fourth-order valence-corrected chi connectivity index (χ4v) is 0.328. The molecule has 0 bridgehead atoms. The summed E-state index contributed by atoms with van der Waals surface area (Å²) in [4.78, 5) is 0. The van der Waals surface area contributed by atoms with Gasteiger partial charge >= 0.3 is 0 Å². The van der Waals surface area contributed by atoms with Crippen LogP contribution in [-0.4, -0.2) is 6.17 Å². The highest BCUT2D eigenvalue weighted by atomic mass is 19.1. The third kappa shape index (κ3) is 2.94. The molecule has 0 heterocycles. The Balaban J connectivity index is 3.17. The van der Waals surface area contributed by atoms with Gasteiger partial charge in [0.25, 0.3) is 0 Å². The average Bonchev–Trinajstić information content (AvgIpc) is 1.67. The van der Waals surface area contributed by atoms with Gasteiger partial charge in [-0.25, -0.2) is 8.78 Å². The van der Waals surface area contributed by atoms with Crippen LogP contribution in [0.1, 0.15) is 20.3 Å². The van der Waals surface area contributed by atoms with E-state index in [2.05, 4.69) is 0 Å². The fourth-order valence-electron chi connectivity index (χ4n) is 0.328. The van der Waals surface area contributed by atoms with E-state index >= 15 is 0 Å². The minimum Gasteiger partial charge on any atom is -0.248 e. The summed E-state index contributed by atoms with van der Waals surface area (Å²) in [6.07, 6.45) is -0.681. The van der Waals surface area contributed by atoms with Crippen LogP contribution in [0.3, 0.4) is 0 Å². The zero-order valence-corrected chi connectivity index (χ0v) is 5.20. The third-order valence-corrected chi connectivity index (χ3v) is 1.24. The Bertz CT molecular complexity index is 52.5. The molecule has 1 radical (unpaired) electrons. The maximum Gasteiger partial charge on any atom is 0.132 e. The lowest BCUT2D eigenvalue weighted by Gasteiger charge is -2.07. The van der Waals surface area contributed by atoms with Crippen LogP contribution in [0, 0.1) is 12.6 Å². The minimum atomic E-state index is -0.901. The Labute approximate surface area is 48.9 Å². The first kappa shape index (κ1) is 7.86. The van der Waals surface area contributed by atoms with Gasteiger partial charge < -0.3 is 0 Å². The summed E-state index contributed by atoms with van der Waals surface area (Å²) >= 11 is 0. The third-order valence-electron chi connectivity index (χ3n) is 1.24. The van der Waals surface area contributed by atoms with Gasteiger partial charge in [0.05, 0.1) is 6.17 Å². The first-order valence-corrected chi connectivity index (χ1v) is 2.74. The fraction of sp³-hybridized carbons (Fsp3) is 0.833. The molecule has 8 heavy (non-hydrogen) atoms. The van der Waals surface area contributed by atoms with Crippen molar-refractivity contribution < 1.29 is 8.78 Å². The first-order chi connectivity index (χ1) is 3.68. The number of halogens is 2. The molecule has 0 amide bonds. The molecule has 0 nitrogen and oxygen atoms in total. The van der Waals surface area contributed by atoms with Crippen LogP contribution in [-0.2, 0) is 0 Å². The molecule has 2 heteroatoms. The lowest BCUT2D eigenvalue weighted by atomic mass is 10.1. The maximum atomic E-state index is 12.1. The van der Waals surface area contributed by atoms with E-state index in [0.29, 0.717) is 6.67 Å². The van der Waals surface area contributed by atoms with Crippen molar-refractivity contribution in [2.45, 2.75) is 26.4 Å². The van der Waals surface area contributed by atoms with Crippen LogP contribution >= 0.6 is 0 Å². The topological polar surface area (TPSA) is 0 Å². The molecule has 0 fully saturated rings. The van der Waals surface area contributed by atoms with Crippen molar-refractivity contribution in [3.8, 4) is 0 Å². The van der Waals surface area contributed by atoms with E-state index in [-0.39, 0.29) is 12.3 Å². The summed E-state index contributed by atoms with van der Waals surface area (Å²) in [5.41, 5.74) is 0. The highest BCUT2D eigenvalue weighted by Crippen LogP contribution is 2.12. The molecule has 0 aliphatic carbocycles. The van der Waals surface area contributed by atoms with Crippen molar-refractivity contribution in [3.05, 3.63) is 6.67 Å². The second-order valence-electron chi connectivity index (χ2n) is 2.04. The van der Waals surface area contributed by atoms with Crippen molar-refractivity contribution in [1.29, 1.82) is 0 Å². The zero-order valence-electron chi connectivity index (χ0n) is 5.20. The van der Waals surface area contributed by atoms with Gasteiger partial charge in [-0.1, -0.05) is 6.92 Å². The summed E-state index contributed by atoms with van der Waals surface area (Å²) in [5, 5.41) is 0. The molecule has 0 saturated carbocycles. The predicted molar refractivity (Wildman–Crippen MR) is 29.8 cm³/mol. The average molecular weight is 121 g/mol. The van der Waals surface area contributed by atoms with Gasteiger partial charge in [0, 0.05) is 0 Å². The summed E-state index contributed by atoms with van der Waals surface area (Å²) in [6.45, 7) is 3.62. The summed E-state index contributed by atoms with van der Waals surface area (Å²) in [6, 6.07) is 0. The van der Waals surface area contributed by atoms with Crippen molar-refractivity contribution in [2.24, 2.45) is 5.92 Å². The molecule has 0 aromatic carbocycles. The molecular weight excluding hydrogens is 110 g/mol. The highest BCUT2D eigenvalue weighted by Gasteiger charge is 2.08. The molecule has 2 unspecified atom stereocenters. The minimum absolute atomic E-state index is 0.181. The molecule has 49 valence electrons. The normalized spacial score (nSPS) is 18.0. The van der Waals surface area contributed by atoms with Crippen molar-refractivity contribution >= 4 is 0 Å². The molecule has 0 aliphatic rings. The van der Waals surface area contributed by atoms with Crippen molar-refractivity contribution in [3.63, 3.8) is 0 Å². The van der Waals surface area contributed by atoms with Gasteiger partial charge in [0.15, 0.2) is 0 Å². The largest absolute Gasteiger partial charge is 0.248 e. The van der Waals surface area contributed by atoms with E-state index < -0.39 is 6.17 Å². The van der Waals surface area contributed by atoms with Gasteiger partial charge in [0.1, 0.15) is 6.67 Å². The van der Waals surface area contributed by atoms with E-state index in [9.17, 15) is 8.78 Å². The smallest absolute Gasteiger partial charge is 0.132 e. The van der Waals surface area contributed by atoms with E-state index in [0.717, 1.165) is 0 Å². The first-order valence-electron chi connectivity index (χ1n) is 2.74. The molecule has 0 aromatic heterocycles. The zero-order chi connectivity index (χ0) is 6.57. The predicted octanol–water partition coefficient (Wildman–Crippen LogP) is 2.50. The van der Waals surface area contributed by atoms with Crippen LogP contribution in [0.5, 0.6) is 0 Å². The van der Waals surface area contributed by atoms with E-state index in [4.69, 9.17) is 0 Å². The number of hydrogen-bond donors (Lipinski definition) is 0. The molecule has 2 atom stereocenters. The highest BCUT2D eigenvalue weighted by molar-refractivity contribution is 4.62. The maximum absolute atomic E-state index is 12.1. The van der Waals surface area contributed by atoms with Crippen LogP contribution in [0.4, 0.5) is 8.78 Å². The quantitative estimate of drug-likeness (QED) is 0.538. The van der Waals surface area contributed by atoms with Crippen LogP contribution < -0.4 is 0 Å². The van der Waals surface area contributed by atoms with Crippen LogP contribution in [0.15, 0.2) is 0 Å². The van der Waals surface area contributed by atoms with Gasteiger partial charge in [0.2, 0.25) is 0 Å². The molecule has 0 aromatic rings. The van der Waals surface area contributed by atoms with Crippen LogP contribution in [0.25, 0.3) is 0 Å². The Kier molecular flexibility index (Phi) is 3.75. The molecular formula is C6H11F2. The van der Waals surface area contributed by atoms with Gasteiger partial charge in [-0.15, -0.1) is 0 Å². The van der Waals surface area contributed by atoms with Gasteiger partial charge in [-0.2, -0.15) is 0 Å². The second-order valence-corrected chi connectivity index (χ2v) is 2.04. The standard InChI is InChI=1S/C6H11F2/c1-5(3-4-7)6(2)8/h4-6H,3H2,1-2H3. The molecule has 0 spiro atoms. The SMILES string of the molecule is CC(F)C(C)C[CH]F. The summed E-state index contributed by atoms with van der Waals surface area (Å²) in [5.74, 6) is -0.181. The monoisotopic (exact) mass is 121 g/mol. The number of hydrogen-bond acceptors (Lipinski definition) is 0. The Hall–Kier alpha value is -0.140. The van der Waals surface area contributed by atoms with E-state index in [1.165, 1.54) is 6.92 Å². The molecule has 0 rings (SSSR count). The number of alkyl halides is 1. The molecule has 0 aliphatic heterocycles. The Morgan fingerprint density at radius 2 is 2.00 bits per heavy atom. The Morgan fingerprint density at radius 3 is 2.12 bits per heavy atom. The van der Waals surface area contributed by atoms with Crippen LogP contribution in [0.2, 0.25) is 0 Å². The van der Waals surface area contributed by atoms with E-state index in [1.54, 1.807) is 6.92 Å². The van der Waals surface area contributed by atoms with Gasteiger partial charge in [-0.05, 0) is 19.3 Å². The lowest BCUT2D eigenvalue weighted by Crippen LogP contribution is -2.06. The summed E-state index contributed by atoms with van der Waals surface area (Å²) in [7, 11) is 0. The van der Waals surface area contributed by atoms with Crippen molar-refractivity contribution in [2.75, 3.05) is 0 Å².